The molecule has 1 unspecified atom stereocenters. The van der Waals surface area contributed by atoms with Crippen molar-refractivity contribution in [1.82, 2.24) is 0 Å². The van der Waals surface area contributed by atoms with E-state index in [-0.39, 0.29) is 0 Å². The molecule has 1 aliphatic rings. The zero-order chi connectivity index (χ0) is 17.9. The van der Waals surface area contributed by atoms with Gasteiger partial charge in [0.15, 0.2) is 0 Å². The number of nitriles is 1. The van der Waals surface area contributed by atoms with Crippen LogP contribution in [0.5, 0.6) is 5.75 Å². The Balaban J connectivity index is 1.52. The third-order valence-corrected chi connectivity index (χ3v) is 5.28. The molecular formula is C23H22N2O. The van der Waals surface area contributed by atoms with Crippen LogP contribution in [0.2, 0.25) is 0 Å². The van der Waals surface area contributed by atoms with E-state index in [4.69, 9.17) is 15.7 Å². The number of rotatable bonds is 4. The first-order valence-electron chi connectivity index (χ1n) is 9.15. The summed E-state index contributed by atoms with van der Waals surface area (Å²) in [7, 11) is 0. The minimum Gasteiger partial charge on any atom is -0.489 e. The average molecular weight is 342 g/mol. The van der Waals surface area contributed by atoms with E-state index in [9.17, 15) is 0 Å². The minimum absolute atomic E-state index is 0.456. The van der Waals surface area contributed by atoms with Crippen molar-refractivity contribution in [2.75, 3.05) is 6.54 Å². The van der Waals surface area contributed by atoms with Crippen LogP contribution in [0.25, 0.3) is 10.8 Å². The number of benzene rings is 3. The molecule has 3 aromatic carbocycles. The molecule has 0 amide bonds. The van der Waals surface area contributed by atoms with E-state index >= 15 is 0 Å². The van der Waals surface area contributed by atoms with Crippen LogP contribution in [0.1, 0.15) is 41.0 Å². The molecule has 4 rings (SSSR count). The highest BCUT2D eigenvalue weighted by Gasteiger charge is 2.19. The largest absolute Gasteiger partial charge is 0.489 e. The minimum atomic E-state index is 0.456. The molecule has 0 radical (unpaired) electrons. The van der Waals surface area contributed by atoms with Crippen LogP contribution >= 0.6 is 0 Å². The first kappa shape index (κ1) is 16.6. The normalized spacial score (nSPS) is 16.1. The predicted molar refractivity (Wildman–Crippen MR) is 104 cm³/mol. The summed E-state index contributed by atoms with van der Waals surface area (Å²) in [4.78, 5) is 0. The lowest BCUT2D eigenvalue weighted by Gasteiger charge is -2.25. The van der Waals surface area contributed by atoms with Gasteiger partial charge in [-0.2, -0.15) is 5.26 Å². The Morgan fingerprint density at radius 2 is 1.88 bits per heavy atom. The summed E-state index contributed by atoms with van der Waals surface area (Å²) in [5.41, 5.74) is 10.5. The quantitative estimate of drug-likeness (QED) is 0.749. The SMILES string of the molecule is N#Cc1ccc2cc(COc3ccc4c(c3)C(CN)CCC4)ccc2c1. The molecular weight excluding hydrogens is 320 g/mol. The van der Waals surface area contributed by atoms with Gasteiger partial charge >= 0.3 is 0 Å². The molecule has 26 heavy (non-hydrogen) atoms. The molecule has 2 N–H and O–H groups in total. The van der Waals surface area contributed by atoms with Gasteiger partial charge < -0.3 is 10.5 Å². The Morgan fingerprint density at radius 3 is 2.73 bits per heavy atom. The third-order valence-electron chi connectivity index (χ3n) is 5.28. The highest BCUT2D eigenvalue weighted by Crippen LogP contribution is 2.33. The fourth-order valence-corrected chi connectivity index (χ4v) is 3.83. The van der Waals surface area contributed by atoms with Crippen LogP contribution in [0.3, 0.4) is 0 Å². The van der Waals surface area contributed by atoms with Crippen molar-refractivity contribution < 1.29 is 4.74 Å². The maximum absolute atomic E-state index is 9.00. The van der Waals surface area contributed by atoms with E-state index in [1.807, 2.05) is 24.3 Å². The number of nitrogens with two attached hydrogens (primary N) is 1. The molecule has 0 bridgehead atoms. The van der Waals surface area contributed by atoms with Gasteiger partial charge in [-0.1, -0.05) is 24.3 Å². The van der Waals surface area contributed by atoms with E-state index in [1.165, 1.54) is 24.0 Å². The van der Waals surface area contributed by atoms with Crippen LogP contribution in [0, 0.1) is 11.3 Å². The van der Waals surface area contributed by atoms with E-state index in [0.717, 1.165) is 28.5 Å². The van der Waals surface area contributed by atoms with E-state index in [1.54, 1.807) is 0 Å². The summed E-state index contributed by atoms with van der Waals surface area (Å²) >= 11 is 0. The molecule has 3 aromatic rings. The zero-order valence-corrected chi connectivity index (χ0v) is 14.7. The van der Waals surface area contributed by atoms with Gasteiger partial charge in [0.2, 0.25) is 0 Å². The maximum atomic E-state index is 9.00. The first-order chi connectivity index (χ1) is 12.8. The standard InChI is InChI=1S/C23H22N2O/c24-13-16-4-6-20-11-17(5-7-19(20)10-16)15-26-22-9-8-18-2-1-3-21(14-25)23(18)12-22/h4-12,21H,1-3,14-15,25H2. The Morgan fingerprint density at radius 1 is 1.04 bits per heavy atom. The number of hydrogen-bond acceptors (Lipinski definition) is 3. The lowest BCUT2D eigenvalue weighted by molar-refractivity contribution is 0.305. The zero-order valence-electron chi connectivity index (χ0n) is 14.7. The fraction of sp³-hybridized carbons (Fsp3) is 0.261. The summed E-state index contributed by atoms with van der Waals surface area (Å²) in [6.45, 7) is 1.23. The van der Waals surface area contributed by atoms with Gasteiger partial charge in [-0.3, -0.25) is 0 Å². The van der Waals surface area contributed by atoms with Crippen LogP contribution in [-0.4, -0.2) is 6.54 Å². The number of aryl methyl sites for hydroxylation is 1. The lowest BCUT2D eigenvalue weighted by atomic mass is 9.83. The monoisotopic (exact) mass is 342 g/mol. The molecule has 130 valence electrons. The lowest BCUT2D eigenvalue weighted by Crippen LogP contribution is -2.18. The van der Waals surface area contributed by atoms with Crippen molar-refractivity contribution in [2.24, 2.45) is 5.73 Å². The molecule has 0 spiro atoms. The summed E-state index contributed by atoms with van der Waals surface area (Å²) in [5, 5.41) is 11.2. The molecule has 0 heterocycles. The second-order valence-corrected chi connectivity index (χ2v) is 6.98. The molecule has 0 saturated carbocycles. The van der Waals surface area contributed by atoms with Crippen molar-refractivity contribution in [1.29, 1.82) is 5.26 Å². The van der Waals surface area contributed by atoms with Crippen molar-refractivity contribution in [3.63, 3.8) is 0 Å². The molecule has 3 nitrogen and oxygen atoms in total. The van der Waals surface area contributed by atoms with Gasteiger partial charge in [-0.15, -0.1) is 0 Å². The molecule has 0 aliphatic heterocycles. The third kappa shape index (κ3) is 3.29. The molecule has 0 fully saturated rings. The van der Waals surface area contributed by atoms with E-state index < -0.39 is 0 Å². The Bertz CT molecular complexity index is 987. The summed E-state index contributed by atoms with van der Waals surface area (Å²) < 4.78 is 6.05. The number of hydrogen-bond donors (Lipinski definition) is 1. The average Bonchev–Trinajstić information content (AvgIpc) is 2.71. The van der Waals surface area contributed by atoms with Gasteiger partial charge in [0.05, 0.1) is 11.6 Å². The van der Waals surface area contributed by atoms with Crippen molar-refractivity contribution >= 4 is 10.8 Å². The fourth-order valence-electron chi connectivity index (χ4n) is 3.83. The number of ether oxygens (including phenoxy) is 1. The van der Waals surface area contributed by atoms with E-state index in [0.29, 0.717) is 24.6 Å². The highest BCUT2D eigenvalue weighted by molar-refractivity contribution is 5.84. The molecule has 3 heteroatoms. The predicted octanol–water partition coefficient (Wildman–Crippen LogP) is 4.67. The van der Waals surface area contributed by atoms with Gasteiger partial charge in [0.1, 0.15) is 12.4 Å². The van der Waals surface area contributed by atoms with Crippen LogP contribution in [0.15, 0.2) is 54.6 Å². The van der Waals surface area contributed by atoms with Crippen molar-refractivity contribution in [2.45, 2.75) is 31.8 Å². The first-order valence-corrected chi connectivity index (χ1v) is 9.15. The van der Waals surface area contributed by atoms with Crippen LogP contribution in [0.4, 0.5) is 0 Å². The molecule has 0 saturated heterocycles. The summed E-state index contributed by atoms with van der Waals surface area (Å²) in [6, 6.07) is 20.6. The van der Waals surface area contributed by atoms with Crippen molar-refractivity contribution in [3.05, 3.63) is 76.9 Å². The van der Waals surface area contributed by atoms with Gasteiger partial charge in [0, 0.05) is 0 Å². The van der Waals surface area contributed by atoms with Crippen LogP contribution < -0.4 is 10.5 Å². The second kappa shape index (κ2) is 7.19. The van der Waals surface area contributed by atoms with E-state index in [2.05, 4.69) is 36.4 Å². The number of nitrogens with zero attached hydrogens (tertiary/aromatic N) is 1. The Hall–Kier alpha value is -2.83. The number of fused-ring (bicyclic) bond motifs is 2. The smallest absolute Gasteiger partial charge is 0.120 e. The maximum Gasteiger partial charge on any atom is 0.120 e. The van der Waals surface area contributed by atoms with Crippen molar-refractivity contribution in [3.8, 4) is 11.8 Å². The summed E-state index contributed by atoms with van der Waals surface area (Å²) in [6.07, 6.45) is 3.53. The second-order valence-electron chi connectivity index (χ2n) is 6.98. The molecule has 1 aliphatic carbocycles. The molecule has 1 atom stereocenters. The van der Waals surface area contributed by atoms with Crippen LogP contribution in [-0.2, 0) is 13.0 Å². The highest BCUT2D eigenvalue weighted by atomic mass is 16.5. The Labute approximate surface area is 154 Å². The Kier molecular flexibility index (Phi) is 4.60. The van der Waals surface area contributed by atoms with Gasteiger partial charge in [-0.25, -0.2) is 0 Å². The van der Waals surface area contributed by atoms with Gasteiger partial charge in [-0.05, 0) is 89.5 Å². The summed E-state index contributed by atoms with van der Waals surface area (Å²) in [5.74, 6) is 1.36. The molecule has 0 aromatic heterocycles. The topological polar surface area (TPSA) is 59.0 Å². The van der Waals surface area contributed by atoms with Gasteiger partial charge in [0.25, 0.3) is 0 Å².